The van der Waals surface area contributed by atoms with Crippen LogP contribution in [0, 0.1) is 5.92 Å². The summed E-state index contributed by atoms with van der Waals surface area (Å²) < 4.78 is 5.19. The second kappa shape index (κ2) is 6.51. The van der Waals surface area contributed by atoms with Crippen molar-refractivity contribution in [2.45, 2.75) is 46.6 Å². The molecule has 1 saturated heterocycles. The van der Waals surface area contributed by atoms with E-state index in [1.807, 2.05) is 34.6 Å². The minimum absolute atomic E-state index is 0.0116. The zero-order valence-electron chi connectivity index (χ0n) is 10.9. The summed E-state index contributed by atoms with van der Waals surface area (Å²) >= 11 is 0. The molecule has 0 aromatic heterocycles. The van der Waals surface area contributed by atoms with Gasteiger partial charge in [-0.2, -0.15) is 0 Å². The number of nitrogens with zero attached hydrogens (tertiary/aromatic N) is 1. The van der Waals surface area contributed by atoms with Gasteiger partial charge in [0.25, 0.3) is 0 Å². The number of amides is 1. The van der Waals surface area contributed by atoms with Crippen molar-refractivity contribution in [2.24, 2.45) is 5.92 Å². The molecule has 0 bridgehead atoms. The van der Waals surface area contributed by atoms with Gasteiger partial charge < -0.3 is 14.4 Å². The molecule has 4 heteroatoms. The molecule has 1 amide bonds. The van der Waals surface area contributed by atoms with Crippen LogP contribution in [0.5, 0.6) is 0 Å². The molecule has 1 aliphatic rings. The van der Waals surface area contributed by atoms with Crippen LogP contribution in [0.1, 0.15) is 41.0 Å². The Hall–Kier alpha value is -1.06. The molecule has 1 aliphatic heterocycles. The maximum absolute atomic E-state index is 11.5. The number of hydrogen-bond acceptors (Lipinski definition) is 3. The van der Waals surface area contributed by atoms with E-state index in [1.54, 1.807) is 4.90 Å². The first-order chi connectivity index (χ1) is 7.42. The van der Waals surface area contributed by atoms with Gasteiger partial charge in [-0.05, 0) is 27.2 Å². The maximum atomic E-state index is 11.5. The third-order valence-corrected chi connectivity index (χ3v) is 2.07. The number of aldehydes is 1. The van der Waals surface area contributed by atoms with Crippen molar-refractivity contribution in [3.63, 3.8) is 0 Å². The molecule has 16 heavy (non-hydrogen) atoms. The van der Waals surface area contributed by atoms with Crippen molar-refractivity contribution in [2.75, 3.05) is 13.1 Å². The fraction of sp³-hybridized carbons (Fsp3) is 0.833. The quantitative estimate of drug-likeness (QED) is 0.649. The van der Waals surface area contributed by atoms with E-state index in [9.17, 15) is 9.59 Å². The lowest BCUT2D eigenvalue weighted by atomic mass is 10.1. The standard InChI is InChI=1S/C10H17NO3.C2H6/c1-10(2,3)14-9(13)11-5-4-8(6-11)7-12;1-2/h7-8H,4-6H2,1-3H3;1-2H3/t8-;/m0./s1. The molecule has 1 rings (SSSR count). The lowest BCUT2D eigenvalue weighted by Crippen LogP contribution is -2.35. The van der Waals surface area contributed by atoms with Gasteiger partial charge in [0, 0.05) is 19.0 Å². The van der Waals surface area contributed by atoms with Gasteiger partial charge in [0.05, 0.1) is 0 Å². The summed E-state index contributed by atoms with van der Waals surface area (Å²) in [4.78, 5) is 23.6. The Kier molecular flexibility index (Phi) is 6.08. The topological polar surface area (TPSA) is 46.6 Å². The normalized spacial score (nSPS) is 19.8. The van der Waals surface area contributed by atoms with Gasteiger partial charge in [0.1, 0.15) is 11.9 Å². The molecular weight excluding hydrogens is 206 g/mol. The van der Waals surface area contributed by atoms with E-state index in [1.165, 1.54) is 0 Å². The molecule has 0 spiro atoms. The van der Waals surface area contributed by atoms with Crippen LogP contribution in [-0.2, 0) is 9.53 Å². The van der Waals surface area contributed by atoms with Crippen LogP contribution in [0.15, 0.2) is 0 Å². The van der Waals surface area contributed by atoms with Gasteiger partial charge >= 0.3 is 6.09 Å². The highest BCUT2D eigenvalue weighted by Crippen LogP contribution is 2.17. The van der Waals surface area contributed by atoms with Crippen LogP contribution in [0.25, 0.3) is 0 Å². The van der Waals surface area contributed by atoms with Gasteiger partial charge in [-0.3, -0.25) is 0 Å². The first-order valence-corrected chi connectivity index (χ1v) is 5.85. The molecule has 0 radical (unpaired) electrons. The molecule has 0 saturated carbocycles. The van der Waals surface area contributed by atoms with Crippen LogP contribution < -0.4 is 0 Å². The van der Waals surface area contributed by atoms with Crippen molar-refractivity contribution in [1.29, 1.82) is 0 Å². The molecule has 4 nitrogen and oxygen atoms in total. The zero-order chi connectivity index (χ0) is 12.8. The van der Waals surface area contributed by atoms with Gasteiger partial charge in [-0.15, -0.1) is 0 Å². The minimum Gasteiger partial charge on any atom is -0.444 e. The smallest absolute Gasteiger partial charge is 0.410 e. The average molecular weight is 229 g/mol. The highest BCUT2D eigenvalue weighted by molar-refractivity contribution is 5.69. The monoisotopic (exact) mass is 229 g/mol. The summed E-state index contributed by atoms with van der Waals surface area (Å²) in [6.07, 6.45) is 1.34. The summed E-state index contributed by atoms with van der Waals surface area (Å²) in [5.41, 5.74) is -0.462. The number of rotatable bonds is 1. The molecule has 0 aromatic rings. The summed E-state index contributed by atoms with van der Waals surface area (Å²) in [6, 6.07) is 0. The highest BCUT2D eigenvalue weighted by atomic mass is 16.6. The highest BCUT2D eigenvalue weighted by Gasteiger charge is 2.29. The minimum atomic E-state index is -0.462. The zero-order valence-corrected chi connectivity index (χ0v) is 10.9. The van der Waals surface area contributed by atoms with E-state index >= 15 is 0 Å². The lowest BCUT2D eigenvalue weighted by Gasteiger charge is -2.24. The molecular formula is C12H23NO3. The summed E-state index contributed by atoms with van der Waals surface area (Å²) in [5, 5.41) is 0. The number of hydrogen-bond donors (Lipinski definition) is 0. The largest absolute Gasteiger partial charge is 0.444 e. The SMILES string of the molecule is CC.CC(C)(C)OC(=O)N1CC[C@H](C=O)C1. The molecule has 0 aromatic carbocycles. The Labute approximate surface area is 98.0 Å². The fourth-order valence-electron chi connectivity index (χ4n) is 1.39. The number of ether oxygens (including phenoxy) is 1. The Balaban J connectivity index is 0.00000106. The number of likely N-dealkylation sites (tertiary alicyclic amines) is 1. The third kappa shape index (κ3) is 5.14. The first kappa shape index (κ1) is 14.9. The second-order valence-corrected chi connectivity index (χ2v) is 4.61. The van der Waals surface area contributed by atoms with Crippen molar-refractivity contribution in [3.05, 3.63) is 0 Å². The molecule has 1 fully saturated rings. The van der Waals surface area contributed by atoms with Crippen molar-refractivity contribution >= 4 is 12.4 Å². The average Bonchev–Trinajstić information content (AvgIpc) is 2.66. The second-order valence-electron chi connectivity index (χ2n) is 4.61. The van der Waals surface area contributed by atoms with Gasteiger partial charge in [-0.25, -0.2) is 4.79 Å². The van der Waals surface area contributed by atoms with E-state index in [0.29, 0.717) is 13.1 Å². The van der Waals surface area contributed by atoms with Gasteiger partial charge in [0.2, 0.25) is 0 Å². The molecule has 0 N–H and O–H groups in total. The van der Waals surface area contributed by atoms with E-state index in [0.717, 1.165) is 12.7 Å². The van der Waals surface area contributed by atoms with Gasteiger partial charge in [0.15, 0.2) is 0 Å². The maximum Gasteiger partial charge on any atom is 0.410 e. The van der Waals surface area contributed by atoms with E-state index in [2.05, 4.69) is 0 Å². The first-order valence-electron chi connectivity index (χ1n) is 5.85. The van der Waals surface area contributed by atoms with Crippen molar-refractivity contribution in [3.8, 4) is 0 Å². The molecule has 1 heterocycles. The van der Waals surface area contributed by atoms with Gasteiger partial charge in [-0.1, -0.05) is 13.8 Å². The van der Waals surface area contributed by atoms with E-state index in [4.69, 9.17) is 4.74 Å². The number of carbonyl (C=O) groups excluding carboxylic acids is 2. The summed E-state index contributed by atoms with van der Waals surface area (Å²) in [7, 11) is 0. The predicted octanol–water partition coefficient (Wildman–Crippen LogP) is 2.47. The molecule has 0 aliphatic carbocycles. The lowest BCUT2D eigenvalue weighted by molar-refractivity contribution is -0.110. The molecule has 94 valence electrons. The van der Waals surface area contributed by atoms with E-state index in [-0.39, 0.29) is 12.0 Å². The van der Waals surface area contributed by atoms with E-state index < -0.39 is 5.60 Å². The van der Waals surface area contributed by atoms with Crippen LogP contribution >= 0.6 is 0 Å². The van der Waals surface area contributed by atoms with Crippen molar-refractivity contribution < 1.29 is 14.3 Å². The van der Waals surface area contributed by atoms with Crippen LogP contribution in [0.3, 0.4) is 0 Å². The van der Waals surface area contributed by atoms with Crippen LogP contribution in [-0.4, -0.2) is 36.0 Å². The van der Waals surface area contributed by atoms with Crippen LogP contribution in [0.4, 0.5) is 4.79 Å². The fourth-order valence-corrected chi connectivity index (χ4v) is 1.39. The Morgan fingerprint density at radius 1 is 1.38 bits per heavy atom. The Morgan fingerprint density at radius 3 is 2.31 bits per heavy atom. The number of carbonyl (C=O) groups is 2. The summed E-state index contributed by atoms with van der Waals surface area (Å²) in [5.74, 6) is -0.0116. The van der Waals surface area contributed by atoms with Crippen molar-refractivity contribution in [1.82, 2.24) is 4.90 Å². The summed E-state index contributed by atoms with van der Waals surface area (Å²) in [6.45, 7) is 10.6. The molecule has 1 atom stereocenters. The predicted molar refractivity (Wildman–Crippen MR) is 63.3 cm³/mol. The Bertz CT molecular complexity index is 233. The van der Waals surface area contributed by atoms with Crippen LogP contribution in [0.2, 0.25) is 0 Å². The Morgan fingerprint density at radius 2 is 1.94 bits per heavy atom. The third-order valence-electron chi connectivity index (χ3n) is 2.07. The molecule has 0 unspecified atom stereocenters.